The Hall–Kier alpha value is -1.50. The van der Waals surface area contributed by atoms with Crippen molar-refractivity contribution in [1.82, 2.24) is 9.80 Å². The molecule has 5 nitrogen and oxygen atoms in total. The molecule has 0 radical (unpaired) electrons. The smallest absolute Gasteiger partial charge is 0.294 e. The third kappa shape index (κ3) is 4.19. The second-order valence-electron chi connectivity index (χ2n) is 5.88. The molecule has 2 aliphatic rings. The fraction of sp³-hybridized carbons (Fsp3) is 0.353. The predicted molar refractivity (Wildman–Crippen MR) is 99.6 cm³/mol. The molecular weight excluding hydrogens is 383 g/mol. The number of hydrogen-bond acceptors (Lipinski definition) is 4. The van der Waals surface area contributed by atoms with E-state index in [0.29, 0.717) is 28.7 Å². The Kier molecular flexibility index (Phi) is 5.71. The zero-order valence-corrected chi connectivity index (χ0v) is 15.7. The van der Waals surface area contributed by atoms with Crippen LogP contribution >= 0.6 is 35.0 Å². The van der Waals surface area contributed by atoms with E-state index in [2.05, 4.69) is 0 Å². The average Bonchev–Trinajstić information content (AvgIpc) is 2.86. The zero-order valence-electron chi connectivity index (χ0n) is 13.3. The Morgan fingerprint density at radius 3 is 2.52 bits per heavy atom. The highest BCUT2D eigenvalue weighted by atomic mass is 35.5. The number of carbonyl (C=O) groups is 3. The minimum Gasteiger partial charge on any atom is -0.341 e. The molecule has 0 aromatic heterocycles. The van der Waals surface area contributed by atoms with Gasteiger partial charge in [0.25, 0.3) is 11.1 Å². The van der Waals surface area contributed by atoms with Gasteiger partial charge in [0.1, 0.15) is 6.54 Å². The average molecular weight is 399 g/mol. The molecule has 0 spiro atoms. The maximum atomic E-state index is 12.5. The van der Waals surface area contributed by atoms with E-state index in [0.717, 1.165) is 35.9 Å². The van der Waals surface area contributed by atoms with Gasteiger partial charge in [-0.15, -0.1) is 0 Å². The molecule has 0 N–H and O–H groups in total. The number of nitrogens with zero attached hydrogens (tertiary/aromatic N) is 2. The van der Waals surface area contributed by atoms with Crippen LogP contribution in [0.15, 0.2) is 23.1 Å². The van der Waals surface area contributed by atoms with Gasteiger partial charge in [0.15, 0.2) is 0 Å². The fourth-order valence-electron chi connectivity index (χ4n) is 2.77. The van der Waals surface area contributed by atoms with Gasteiger partial charge in [-0.1, -0.05) is 29.3 Å². The van der Waals surface area contributed by atoms with E-state index in [9.17, 15) is 14.4 Å². The Labute approximate surface area is 159 Å². The number of carbonyl (C=O) groups excluding carboxylic acids is 3. The lowest BCUT2D eigenvalue weighted by molar-refractivity contribution is -0.136. The van der Waals surface area contributed by atoms with Gasteiger partial charge < -0.3 is 4.90 Å². The number of piperidine rings is 1. The number of imide groups is 1. The van der Waals surface area contributed by atoms with Gasteiger partial charge in [-0.25, -0.2) is 0 Å². The summed E-state index contributed by atoms with van der Waals surface area (Å²) in [4.78, 5) is 39.9. The van der Waals surface area contributed by atoms with Crippen LogP contribution in [-0.2, 0) is 9.59 Å². The number of likely N-dealkylation sites (tertiary alicyclic amines) is 1. The molecule has 8 heteroatoms. The molecule has 2 heterocycles. The third-order valence-corrected chi connectivity index (χ3v) is 5.76. The van der Waals surface area contributed by atoms with Crippen LogP contribution in [0.25, 0.3) is 6.08 Å². The SMILES string of the molecule is O=C(CN1C(=O)S/C(=C\c2ccc(Cl)c(Cl)c2)C1=O)N1CCCCC1. The normalized spacial score (nSPS) is 19.8. The van der Waals surface area contributed by atoms with Crippen molar-refractivity contribution in [3.63, 3.8) is 0 Å². The summed E-state index contributed by atoms with van der Waals surface area (Å²) in [5.74, 6) is -0.635. The van der Waals surface area contributed by atoms with Crippen LogP contribution in [0.3, 0.4) is 0 Å². The first-order chi connectivity index (χ1) is 12.0. The number of benzene rings is 1. The van der Waals surface area contributed by atoms with Crippen LogP contribution in [0.5, 0.6) is 0 Å². The number of thioether (sulfide) groups is 1. The van der Waals surface area contributed by atoms with Crippen molar-refractivity contribution in [2.75, 3.05) is 19.6 Å². The first-order valence-electron chi connectivity index (χ1n) is 7.94. The molecule has 0 atom stereocenters. The number of amides is 3. The maximum absolute atomic E-state index is 12.5. The van der Waals surface area contributed by atoms with E-state index in [1.807, 2.05) is 0 Å². The van der Waals surface area contributed by atoms with Gasteiger partial charge >= 0.3 is 0 Å². The van der Waals surface area contributed by atoms with Crippen molar-refractivity contribution in [2.45, 2.75) is 19.3 Å². The van der Waals surface area contributed by atoms with Crippen molar-refractivity contribution in [3.05, 3.63) is 38.7 Å². The molecule has 0 saturated carbocycles. The molecule has 132 valence electrons. The van der Waals surface area contributed by atoms with E-state index in [4.69, 9.17) is 23.2 Å². The van der Waals surface area contributed by atoms with Gasteiger partial charge in [-0.3, -0.25) is 19.3 Å². The largest absolute Gasteiger partial charge is 0.341 e. The minimum absolute atomic E-state index is 0.183. The Morgan fingerprint density at radius 1 is 1.12 bits per heavy atom. The van der Waals surface area contributed by atoms with Crippen molar-refractivity contribution in [3.8, 4) is 0 Å². The van der Waals surface area contributed by atoms with Gasteiger partial charge in [0.2, 0.25) is 5.91 Å². The summed E-state index contributed by atoms with van der Waals surface area (Å²) in [6, 6.07) is 4.96. The lowest BCUT2D eigenvalue weighted by atomic mass is 10.1. The standard InChI is InChI=1S/C17H16Cl2N2O3S/c18-12-5-4-11(8-13(12)19)9-14-16(23)21(17(24)25-14)10-15(22)20-6-2-1-3-7-20/h4-5,8-9H,1-3,6-7,10H2/b14-9-. The number of hydrogen-bond donors (Lipinski definition) is 0. The number of rotatable bonds is 3. The molecule has 0 bridgehead atoms. The Balaban J connectivity index is 1.72. The predicted octanol–water partition coefficient (Wildman–Crippen LogP) is 4.04. The second-order valence-corrected chi connectivity index (χ2v) is 7.69. The van der Waals surface area contributed by atoms with Gasteiger partial charge in [-0.05, 0) is 54.8 Å². The first kappa shape index (κ1) is 18.3. The monoisotopic (exact) mass is 398 g/mol. The molecule has 0 unspecified atom stereocenters. The molecule has 2 saturated heterocycles. The second kappa shape index (κ2) is 7.81. The lowest BCUT2D eigenvalue weighted by Crippen LogP contribution is -2.44. The van der Waals surface area contributed by atoms with Crippen LogP contribution in [0, 0.1) is 0 Å². The van der Waals surface area contributed by atoms with Crippen LogP contribution in [-0.4, -0.2) is 46.5 Å². The van der Waals surface area contributed by atoms with Gasteiger partial charge in [-0.2, -0.15) is 0 Å². The summed E-state index contributed by atoms with van der Waals surface area (Å²) in [7, 11) is 0. The molecule has 2 fully saturated rings. The summed E-state index contributed by atoms with van der Waals surface area (Å²) in [5, 5.41) is 0.357. The first-order valence-corrected chi connectivity index (χ1v) is 9.51. The zero-order chi connectivity index (χ0) is 18.0. The highest BCUT2D eigenvalue weighted by Crippen LogP contribution is 2.33. The maximum Gasteiger partial charge on any atom is 0.294 e. The molecule has 1 aromatic rings. The molecular formula is C17H16Cl2N2O3S. The van der Waals surface area contributed by atoms with Gasteiger partial charge in [0.05, 0.1) is 15.0 Å². The summed E-state index contributed by atoms with van der Waals surface area (Å²) >= 11 is 12.7. The summed E-state index contributed by atoms with van der Waals surface area (Å²) < 4.78 is 0. The van der Waals surface area contributed by atoms with Crippen molar-refractivity contribution >= 4 is 58.1 Å². The number of halogens is 2. The van der Waals surface area contributed by atoms with Crippen molar-refractivity contribution in [1.29, 1.82) is 0 Å². The molecule has 0 aliphatic carbocycles. The Morgan fingerprint density at radius 2 is 1.84 bits per heavy atom. The molecule has 1 aromatic carbocycles. The van der Waals surface area contributed by atoms with E-state index < -0.39 is 11.1 Å². The van der Waals surface area contributed by atoms with Crippen molar-refractivity contribution in [2.24, 2.45) is 0 Å². The summed E-state index contributed by atoms with van der Waals surface area (Å²) in [6.45, 7) is 1.17. The summed E-state index contributed by atoms with van der Waals surface area (Å²) in [6.07, 6.45) is 4.62. The van der Waals surface area contributed by atoms with Crippen LogP contribution in [0.2, 0.25) is 10.0 Å². The van der Waals surface area contributed by atoms with Gasteiger partial charge in [0, 0.05) is 13.1 Å². The van der Waals surface area contributed by atoms with E-state index in [1.54, 1.807) is 29.2 Å². The highest BCUT2D eigenvalue weighted by molar-refractivity contribution is 8.18. The molecule has 25 heavy (non-hydrogen) atoms. The molecule has 2 aliphatic heterocycles. The van der Waals surface area contributed by atoms with Crippen LogP contribution in [0.1, 0.15) is 24.8 Å². The quantitative estimate of drug-likeness (QED) is 0.720. The Bertz CT molecular complexity index is 760. The van der Waals surface area contributed by atoms with E-state index in [1.165, 1.54) is 0 Å². The van der Waals surface area contributed by atoms with E-state index in [-0.39, 0.29) is 17.4 Å². The third-order valence-electron chi connectivity index (χ3n) is 4.12. The highest BCUT2D eigenvalue weighted by Gasteiger charge is 2.37. The molecule has 3 rings (SSSR count). The fourth-order valence-corrected chi connectivity index (χ4v) is 3.91. The minimum atomic E-state index is -0.452. The molecule has 3 amide bonds. The lowest BCUT2D eigenvalue weighted by Gasteiger charge is -2.27. The van der Waals surface area contributed by atoms with E-state index >= 15 is 0 Å². The van der Waals surface area contributed by atoms with Crippen LogP contribution < -0.4 is 0 Å². The van der Waals surface area contributed by atoms with Crippen molar-refractivity contribution < 1.29 is 14.4 Å². The van der Waals surface area contributed by atoms with Crippen LogP contribution in [0.4, 0.5) is 4.79 Å². The topological polar surface area (TPSA) is 57.7 Å². The summed E-state index contributed by atoms with van der Waals surface area (Å²) in [5.41, 5.74) is 0.669.